The molecule has 110 valence electrons. The van der Waals surface area contributed by atoms with Gasteiger partial charge in [-0.25, -0.2) is 9.18 Å². The lowest BCUT2D eigenvalue weighted by atomic mass is 9.87. The van der Waals surface area contributed by atoms with E-state index in [1.807, 2.05) is 0 Å². The van der Waals surface area contributed by atoms with Crippen LogP contribution in [0.3, 0.4) is 0 Å². The minimum absolute atomic E-state index is 0.0507. The number of amides is 1. The summed E-state index contributed by atoms with van der Waals surface area (Å²) in [5, 5.41) is 11.4. The molecule has 1 aromatic rings. The fourth-order valence-corrected chi connectivity index (χ4v) is 1.56. The largest absolute Gasteiger partial charge is 0.481 e. The number of carboxylic acids is 1. The molecule has 0 bridgehead atoms. The molecule has 1 rings (SSSR count). The van der Waals surface area contributed by atoms with Crippen LogP contribution in [0.4, 0.5) is 4.39 Å². The second kappa shape index (κ2) is 6.36. The topological polar surface area (TPSA) is 75.6 Å². The van der Waals surface area contributed by atoms with Gasteiger partial charge in [-0.3, -0.25) is 4.79 Å². The Kier molecular flexibility index (Phi) is 5.07. The zero-order chi connectivity index (χ0) is 15.3. The summed E-state index contributed by atoms with van der Waals surface area (Å²) in [5.41, 5.74) is -0.639. The fourth-order valence-electron chi connectivity index (χ4n) is 1.56. The van der Waals surface area contributed by atoms with Crippen LogP contribution in [-0.4, -0.2) is 29.6 Å². The molecule has 0 unspecified atom stereocenters. The SMILES string of the molecule is CC(C)(C)[C@H](NC(=O)COc1ccccc1F)C(=O)O. The van der Waals surface area contributed by atoms with Crippen LogP contribution in [0.15, 0.2) is 24.3 Å². The van der Waals surface area contributed by atoms with Crippen LogP contribution >= 0.6 is 0 Å². The molecular formula is C14H18FNO4. The molecule has 0 spiro atoms. The highest BCUT2D eigenvalue weighted by atomic mass is 19.1. The van der Waals surface area contributed by atoms with Crippen LogP contribution in [0.5, 0.6) is 5.75 Å². The van der Waals surface area contributed by atoms with Gasteiger partial charge < -0.3 is 15.2 Å². The molecule has 0 aliphatic heterocycles. The van der Waals surface area contributed by atoms with E-state index in [1.54, 1.807) is 26.8 Å². The highest BCUT2D eigenvalue weighted by Crippen LogP contribution is 2.19. The molecule has 20 heavy (non-hydrogen) atoms. The van der Waals surface area contributed by atoms with Gasteiger partial charge in [-0.05, 0) is 17.5 Å². The van der Waals surface area contributed by atoms with E-state index < -0.39 is 35.8 Å². The standard InChI is InChI=1S/C14H18FNO4/c1-14(2,3)12(13(18)19)16-11(17)8-20-10-7-5-4-6-9(10)15/h4-7,12H,8H2,1-3H3,(H,16,17)(H,18,19)/t12-/m1/s1. The minimum Gasteiger partial charge on any atom is -0.481 e. The molecular weight excluding hydrogens is 265 g/mol. The maximum absolute atomic E-state index is 13.3. The molecule has 0 radical (unpaired) electrons. The smallest absolute Gasteiger partial charge is 0.326 e. The molecule has 0 heterocycles. The van der Waals surface area contributed by atoms with Crippen molar-refractivity contribution in [2.45, 2.75) is 26.8 Å². The quantitative estimate of drug-likeness (QED) is 0.864. The van der Waals surface area contributed by atoms with Crippen molar-refractivity contribution in [3.8, 4) is 5.75 Å². The first-order valence-electron chi connectivity index (χ1n) is 6.11. The molecule has 0 fully saturated rings. The Hall–Kier alpha value is -2.11. The first-order chi connectivity index (χ1) is 9.21. The van der Waals surface area contributed by atoms with Crippen LogP contribution in [-0.2, 0) is 9.59 Å². The van der Waals surface area contributed by atoms with Gasteiger partial charge in [-0.2, -0.15) is 0 Å². The molecule has 6 heteroatoms. The maximum atomic E-state index is 13.3. The van der Waals surface area contributed by atoms with E-state index in [-0.39, 0.29) is 5.75 Å². The molecule has 1 atom stereocenters. The number of para-hydroxylation sites is 1. The zero-order valence-electron chi connectivity index (χ0n) is 11.6. The predicted molar refractivity (Wildman–Crippen MR) is 70.9 cm³/mol. The average molecular weight is 283 g/mol. The lowest BCUT2D eigenvalue weighted by Gasteiger charge is -2.27. The summed E-state index contributed by atoms with van der Waals surface area (Å²) in [6, 6.07) is 4.64. The Balaban J connectivity index is 2.60. The number of aliphatic carboxylic acids is 1. The molecule has 2 N–H and O–H groups in total. The van der Waals surface area contributed by atoms with Crippen molar-refractivity contribution in [1.82, 2.24) is 5.32 Å². The summed E-state index contributed by atoms with van der Waals surface area (Å²) in [6.45, 7) is 4.65. The van der Waals surface area contributed by atoms with Crippen LogP contribution in [0.1, 0.15) is 20.8 Å². The Labute approximate surface area is 116 Å². The van der Waals surface area contributed by atoms with Crippen LogP contribution in [0.25, 0.3) is 0 Å². The van der Waals surface area contributed by atoms with Gasteiger partial charge in [0.25, 0.3) is 5.91 Å². The number of nitrogens with one attached hydrogen (secondary N) is 1. The molecule has 0 saturated heterocycles. The maximum Gasteiger partial charge on any atom is 0.326 e. The number of halogens is 1. The second-order valence-electron chi connectivity index (χ2n) is 5.42. The Morgan fingerprint density at radius 1 is 1.35 bits per heavy atom. The monoisotopic (exact) mass is 283 g/mol. The Morgan fingerprint density at radius 2 is 1.95 bits per heavy atom. The van der Waals surface area contributed by atoms with Crippen LogP contribution < -0.4 is 10.1 Å². The van der Waals surface area contributed by atoms with Gasteiger partial charge in [0.2, 0.25) is 0 Å². The van der Waals surface area contributed by atoms with Crippen molar-refractivity contribution < 1.29 is 23.8 Å². The van der Waals surface area contributed by atoms with Crippen LogP contribution in [0.2, 0.25) is 0 Å². The first-order valence-corrected chi connectivity index (χ1v) is 6.11. The summed E-state index contributed by atoms with van der Waals surface area (Å²) >= 11 is 0. The zero-order valence-corrected chi connectivity index (χ0v) is 11.6. The number of carboxylic acid groups (broad SMARTS) is 1. The molecule has 1 aromatic carbocycles. The average Bonchev–Trinajstić information content (AvgIpc) is 2.33. The number of hydrogen-bond donors (Lipinski definition) is 2. The normalized spacial score (nSPS) is 12.6. The van der Waals surface area contributed by atoms with E-state index in [4.69, 9.17) is 9.84 Å². The lowest BCUT2D eigenvalue weighted by Crippen LogP contribution is -2.50. The van der Waals surface area contributed by atoms with E-state index in [0.29, 0.717) is 0 Å². The van der Waals surface area contributed by atoms with Crippen molar-refractivity contribution in [3.63, 3.8) is 0 Å². The summed E-state index contributed by atoms with van der Waals surface area (Å²) < 4.78 is 18.3. The third-order valence-electron chi connectivity index (χ3n) is 2.61. The van der Waals surface area contributed by atoms with Gasteiger partial charge in [-0.1, -0.05) is 32.9 Å². The highest BCUT2D eigenvalue weighted by Gasteiger charge is 2.32. The number of carbonyl (C=O) groups is 2. The molecule has 0 aromatic heterocycles. The van der Waals surface area contributed by atoms with E-state index in [1.165, 1.54) is 18.2 Å². The van der Waals surface area contributed by atoms with Crippen molar-refractivity contribution >= 4 is 11.9 Å². The van der Waals surface area contributed by atoms with E-state index in [0.717, 1.165) is 0 Å². The summed E-state index contributed by atoms with van der Waals surface area (Å²) in [4.78, 5) is 22.8. The van der Waals surface area contributed by atoms with Crippen molar-refractivity contribution in [1.29, 1.82) is 0 Å². The van der Waals surface area contributed by atoms with Gasteiger partial charge in [0.1, 0.15) is 6.04 Å². The Morgan fingerprint density at radius 3 is 2.45 bits per heavy atom. The molecule has 1 amide bonds. The third kappa shape index (κ3) is 4.53. The van der Waals surface area contributed by atoms with Crippen molar-refractivity contribution in [3.05, 3.63) is 30.1 Å². The first kappa shape index (κ1) is 15.9. The minimum atomic E-state index is -1.13. The van der Waals surface area contributed by atoms with E-state index in [2.05, 4.69) is 5.32 Å². The fraction of sp³-hybridized carbons (Fsp3) is 0.429. The van der Waals surface area contributed by atoms with Crippen molar-refractivity contribution in [2.24, 2.45) is 5.41 Å². The predicted octanol–water partition coefficient (Wildman–Crippen LogP) is 1.82. The van der Waals surface area contributed by atoms with Gasteiger partial charge in [0, 0.05) is 0 Å². The van der Waals surface area contributed by atoms with Crippen molar-refractivity contribution in [2.75, 3.05) is 6.61 Å². The number of benzene rings is 1. The number of rotatable bonds is 5. The summed E-state index contributed by atoms with van der Waals surface area (Å²) in [7, 11) is 0. The summed E-state index contributed by atoms with van der Waals surface area (Å²) in [5.74, 6) is -2.37. The second-order valence-corrected chi connectivity index (χ2v) is 5.42. The van der Waals surface area contributed by atoms with E-state index in [9.17, 15) is 14.0 Å². The van der Waals surface area contributed by atoms with E-state index >= 15 is 0 Å². The van der Waals surface area contributed by atoms with Gasteiger partial charge in [0.05, 0.1) is 0 Å². The van der Waals surface area contributed by atoms with Crippen LogP contribution in [0, 0.1) is 11.2 Å². The van der Waals surface area contributed by atoms with Gasteiger partial charge >= 0.3 is 5.97 Å². The molecule has 0 aliphatic rings. The third-order valence-corrected chi connectivity index (χ3v) is 2.61. The van der Waals surface area contributed by atoms with Gasteiger partial charge in [-0.15, -0.1) is 0 Å². The Bertz CT molecular complexity index is 496. The number of hydrogen-bond acceptors (Lipinski definition) is 3. The molecule has 5 nitrogen and oxygen atoms in total. The summed E-state index contributed by atoms with van der Waals surface area (Å²) in [6.07, 6.45) is 0. The number of ether oxygens (including phenoxy) is 1. The molecule has 0 saturated carbocycles. The highest BCUT2D eigenvalue weighted by molar-refractivity contribution is 5.84. The number of carbonyl (C=O) groups excluding carboxylic acids is 1. The lowest BCUT2D eigenvalue weighted by molar-refractivity contribution is -0.145. The molecule has 0 aliphatic carbocycles. The van der Waals surface area contributed by atoms with Gasteiger partial charge in [0.15, 0.2) is 18.2 Å².